The maximum atomic E-state index is 13.1. The highest BCUT2D eigenvalue weighted by Crippen LogP contribution is 2.38. The van der Waals surface area contributed by atoms with Gasteiger partial charge in [-0.05, 0) is 56.1 Å². The van der Waals surface area contributed by atoms with E-state index in [-0.39, 0.29) is 28.6 Å². The van der Waals surface area contributed by atoms with Gasteiger partial charge in [0.1, 0.15) is 0 Å². The third-order valence-corrected chi connectivity index (χ3v) is 6.42. The van der Waals surface area contributed by atoms with E-state index in [1.165, 1.54) is 25.3 Å². The van der Waals surface area contributed by atoms with Crippen molar-refractivity contribution in [3.8, 4) is 11.5 Å². The Kier molecular flexibility index (Phi) is 5.98. The van der Waals surface area contributed by atoms with Crippen LogP contribution < -0.4 is 15.6 Å². The Hall–Kier alpha value is -2.62. The molecule has 2 aromatic carbocycles. The van der Waals surface area contributed by atoms with Gasteiger partial charge < -0.3 is 9.84 Å². The van der Waals surface area contributed by atoms with Crippen molar-refractivity contribution in [2.24, 2.45) is 0 Å². The number of ether oxygens (including phenoxy) is 1. The molecule has 2 fully saturated rings. The average molecular weight is 392 g/mol. The first-order chi connectivity index (χ1) is 14.1. The van der Waals surface area contributed by atoms with E-state index in [1.54, 1.807) is 18.2 Å². The summed E-state index contributed by atoms with van der Waals surface area (Å²) < 4.78 is 6.17. The normalized spacial score (nSPS) is 22.3. The molecule has 0 heterocycles. The minimum Gasteiger partial charge on any atom is -0.504 e. The Balaban J connectivity index is 1.53. The molecule has 2 aliphatic rings. The van der Waals surface area contributed by atoms with Crippen LogP contribution >= 0.6 is 0 Å². The molecule has 0 radical (unpaired) electrons. The maximum absolute atomic E-state index is 13.1. The smallest absolute Gasteiger partial charge is 0.223 e. The summed E-state index contributed by atoms with van der Waals surface area (Å²) >= 11 is 0. The zero-order valence-electron chi connectivity index (χ0n) is 16.7. The molecule has 2 atom stereocenters. The van der Waals surface area contributed by atoms with Crippen molar-refractivity contribution >= 4 is 0 Å². The molecule has 0 bridgehead atoms. The van der Waals surface area contributed by atoms with Gasteiger partial charge in [0.05, 0.1) is 6.10 Å². The number of aromatic hydroxyl groups is 1. The van der Waals surface area contributed by atoms with Crippen LogP contribution in [0.1, 0.15) is 74.3 Å². The SMILES string of the molecule is O=c1ccccc(C2CCC(Oc3ccccc(C4CCCCC4)c3=O)C2)c1O. The fourth-order valence-electron chi connectivity index (χ4n) is 4.86. The minimum absolute atomic E-state index is 0.0150. The molecule has 2 aliphatic carbocycles. The second-order valence-corrected chi connectivity index (χ2v) is 8.34. The zero-order chi connectivity index (χ0) is 20.2. The average Bonchev–Trinajstić information content (AvgIpc) is 3.04. The van der Waals surface area contributed by atoms with Crippen LogP contribution in [-0.2, 0) is 0 Å². The van der Waals surface area contributed by atoms with Gasteiger partial charge in [0.2, 0.25) is 10.9 Å². The van der Waals surface area contributed by atoms with E-state index in [4.69, 9.17) is 4.74 Å². The molecule has 29 heavy (non-hydrogen) atoms. The standard InChI is InChI=1S/C25H28O4/c26-22-12-6-4-11-21(24(22)27)18-14-15-19(16-18)29-23-13-7-5-10-20(25(23)28)17-8-2-1-3-9-17/h4-7,10-13,17-19H,1-3,8-9,14-16H2,(H,26,27). The van der Waals surface area contributed by atoms with Crippen LogP contribution in [0.5, 0.6) is 11.5 Å². The van der Waals surface area contributed by atoms with Gasteiger partial charge in [-0.25, -0.2) is 0 Å². The summed E-state index contributed by atoms with van der Waals surface area (Å²) in [5.74, 6) is 0.647. The van der Waals surface area contributed by atoms with Crippen LogP contribution in [-0.4, -0.2) is 11.2 Å². The fourth-order valence-corrected chi connectivity index (χ4v) is 4.86. The first-order valence-corrected chi connectivity index (χ1v) is 10.8. The maximum Gasteiger partial charge on any atom is 0.223 e. The van der Waals surface area contributed by atoms with Crippen molar-refractivity contribution in [2.75, 3.05) is 0 Å². The molecule has 4 nitrogen and oxygen atoms in total. The highest BCUT2D eigenvalue weighted by atomic mass is 16.5. The van der Waals surface area contributed by atoms with Crippen LogP contribution in [0.15, 0.2) is 58.1 Å². The van der Waals surface area contributed by atoms with Gasteiger partial charge >= 0.3 is 0 Å². The van der Waals surface area contributed by atoms with Crippen LogP contribution in [0, 0.1) is 0 Å². The van der Waals surface area contributed by atoms with Gasteiger partial charge in [-0.15, -0.1) is 0 Å². The zero-order valence-corrected chi connectivity index (χ0v) is 16.7. The molecule has 2 unspecified atom stereocenters. The lowest BCUT2D eigenvalue weighted by molar-refractivity contribution is 0.206. The van der Waals surface area contributed by atoms with Crippen molar-refractivity contribution in [3.63, 3.8) is 0 Å². The summed E-state index contributed by atoms with van der Waals surface area (Å²) in [5, 5.41) is 10.2. The number of rotatable bonds is 4. The van der Waals surface area contributed by atoms with E-state index < -0.39 is 0 Å². The molecule has 4 heteroatoms. The topological polar surface area (TPSA) is 63.6 Å². The van der Waals surface area contributed by atoms with E-state index in [1.807, 2.05) is 24.3 Å². The second-order valence-electron chi connectivity index (χ2n) is 8.34. The molecular weight excluding hydrogens is 364 g/mol. The molecule has 0 aliphatic heterocycles. The molecule has 0 amide bonds. The Labute approximate surface area is 171 Å². The van der Waals surface area contributed by atoms with Gasteiger partial charge in [-0.2, -0.15) is 0 Å². The van der Waals surface area contributed by atoms with Crippen LogP contribution in [0.3, 0.4) is 0 Å². The molecule has 0 aromatic heterocycles. The highest BCUT2D eigenvalue weighted by Gasteiger charge is 2.30. The predicted molar refractivity (Wildman–Crippen MR) is 114 cm³/mol. The second kappa shape index (κ2) is 8.81. The predicted octanol–water partition coefficient (Wildman–Crippen LogP) is 4.88. The molecule has 4 rings (SSSR count). The first-order valence-electron chi connectivity index (χ1n) is 10.8. The van der Waals surface area contributed by atoms with Gasteiger partial charge in [0, 0.05) is 11.1 Å². The van der Waals surface area contributed by atoms with E-state index in [0.29, 0.717) is 23.7 Å². The highest BCUT2D eigenvalue weighted by molar-refractivity contribution is 5.35. The fraction of sp³-hybridized carbons (Fsp3) is 0.440. The number of hydrogen-bond acceptors (Lipinski definition) is 4. The van der Waals surface area contributed by atoms with Crippen molar-refractivity contribution in [1.82, 2.24) is 0 Å². The van der Waals surface area contributed by atoms with Gasteiger partial charge in [0.15, 0.2) is 11.5 Å². The van der Waals surface area contributed by atoms with Crippen molar-refractivity contribution in [3.05, 3.63) is 80.1 Å². The minimum atomic E-state index is -0.358. The van der Waals surface area contributed by atoms with Gasteiger partial charge in [0.25, 0.3) is 0 Å². The Morgan fingerprint density at radius 1 is 0.759 bits per heavy atom. The summed E-state index contributed by atoms with van der Waals surface area (Å²) in [6.45, 7) is 0. The Morgan fingerprint density at radius 2 is 1.45 bits per heavy atom. The summed E-state index contributed by atoms with van der Waals surface area (Å²) in [5.41, 5.74) is 1.21. The largest absolute Gasteiger partial charge is 0.504 e. The molecule has 1 N–H and O–H groups in total. The van der Waals surface area contributed by atoms with Crippen LogP contribution in [0.25, 0.3) is 0 Å². The van der Waals surface area contributed by atoms with Crippen LogP contribution in [0.4, 0.5) is 0 Å². The molecule has 152 valence electrons. The molecule has 2 saturated carbocycles. The summed E-state index contributed by atoms with van der Waals surface area (Å²) in [4.78, 5) is 25.1. The molecular formula is C25H28O4. The van der Waals surface area contributed by atoms with E-state index >= 15 is 0 Å². The Morgan fingerprint density at radius 3 is 2.24 bits per heavy atom. The lowest BCUT2D eigenvalue weighted by Crippen LogP contribution is -2.20. The van der Waals surface area contributed by atoms with Crippen molar-refractivity contribution < 1.29 is 9.84 Å². The third-order valence-electron chi connectivity index (χ3n) is 6.42. The monoisotopic (exact) mass is 392 g/mol. The quantitative estimate of drug-likeness (QED) is 0.806. The Bertz CT molecular complexity index is 978. The first kappa shape index (κ1) is 19.7. The van der Waals surface area contributed by atoms with E-state index in [0.717, 1.165) is 31.2 Å². The molecule has 2 aromatic rings. The number of hydrogen-bond donors (Lipinski definition) is 1. The third kappa shape index (κ3) is 4.36. The summed E-state index contributed by atoms with van der Waals surface area (Å²) in [6, 6.07) is 14.2. The van der Waals surface area contributed by atoms with Gasteiger partial charge in [-0.3, -0.25) is 9.59 Å². The van der Waals surface area contributed by atoms with Crippen LogP contribution in [0.2, 0.25) is 0 Å². The van der Waals surface area contributed by atoms with E-state index in [9.17, 15) is 14.7 Å². The lowest BCUT2D eigenvalue weighted by atomic mass is 9.84. The molecule has 0 spiro atoms. The summed E-state index contributed by atoms with van der Waals surface area (Å²) in [7, 11) is 0. The van der Waals surface area contributed by atoms with Crippen molar-refractivity contribution in [2.45, 2.75) is 69.3 Å². The van der Waals surface area contributed by atoms with Crippen molar-refractivity contribution in [1.29, 1.82) is 0 Å². The van der Waals surface area contributed by atoms with E-state index in [2.05, 4.69) is 0 Å². The summed E-state index contributed by atoms with van der Waals surface area (Å²) in [6.07, 6.45) is 8.00. The lowest BCUT2D eigenvalue weighted by Gasteiger charge is -2.21. The van der Waals surface area contributed by atoms with Gasteiger partial charge in [-0.1, -0.05) is 55.7 Å². The molecule has 0 saturated heterocycles.